The summed E-state index contributed by atoms with van der Waals surface area (Å²) in [5, 5.41) is 3.61. The van der Waals surface area contributed by atoms with E-state index in [4.69, 9.17) is 11.6 Å². The van der Waals surface area contributed by atoms with Crippen molar-refractivity contribution in [1.82, 2.24) is 10.2 Å². The lowest BCUT2D eigenvalue weighted by molar-refractivity contribution is 0.0920. The minimum absolute atomic E-state index is 0.0628. The molecule has 1 aliphatic heterocycles. The first-order valence-electron chi connectivity index (χ1n) is 7.78. The predicted octanol–water partition coefficient (Wildman–Crippen LogP) is 2.85. The number of amides is 1. The molecule has 1 fully saturated rings. The van der Waals surface area contributed by atoms with Gasteiger partial charge in [0.1, 0.15) is 0 Å². The van der Waals surface area contributed by atoms with E-state index in [1.54, 1.807) is 24.3 Å². The standard InChI is InChI=1S/C18H20ClN3O/c19-16-8-6-15(7-9-16)18(23)20-14-21-10-12-22(13-11-21)17-4-2-1-3-5-17/h1-9H,10-14H2,(H,20,23). The van der Waals surface area contributed by atoms with Gasteiger partial charge in [-0.15, -0.1) is 0 Å². The molecule has 1 aliphatic rings. The highest BCUT2D eigenvalue weighted by Gasteiger charge is 2.17. The Labute approximate surface area is 141 Å². The predicted molar refractivity (Wildman–Crippen MR) is 94.0 cm³/mol. The highest BCUT2D eigenvalue weighted by atomic mass is 35.5. The van der Waals surface area contributed by atoms with Crippen LogP contribution in [0.4, 0.5) is 5.69 Å². The molecule has 0 unspecified atom stereocenters. The summed E-state index contributed by atoms with van der Waals surface area (Å²) in [6.07, 6.45) is 0. The first kappa shape index (κ1) is 15.8. The van der Waals surface area contributed by atoms with E-state index >= 15 is 0 Å². The van der Waals surface area contributed by atoms with Gasteiger partial charge < -0.3 is 10.2 Å². The molecule has 1 saturated heterocycles. The van der Waals surface area contributed by atoms with Gasteiger partial charge in [0.05, 0.1) is 6.67 Å². The van der Waals surface area contributed by atoms with Crippen molar-refractivity contribution in [2.45, 2.75) is 0 Å². The van der Waals surface area contributed by atoms with Gasteiger partial charge in [0.15, 0.2) is 0 Å². The molecule has 0 aromatic heterocycles. The maximum absolute atomic E-state index is 12.1. The molecule has 120 valence electrons. The van der Waals surface area contributed by atoms with E-state index in [1.165, 1.54) is 5.69 Å². The van der Waals surface area contributed by atoms with E-state index in [0.29, 0.717) is 17.3 Å². The zero-order chi connectivity index (χ0) is 16.1. The van der Waals surface area contributed by atoms with Crippen LogP contribution in [0.25, 0.3) is 0 Å². The van der Waals surface area contributed by atoms with Crippen molar-refractivity contribution in [3.8, 4) is 0 Å². The molecule has 0 radical (unpaired) electrons. The maximum Gasteiger partial charge on any atom is 0.252 e. The highest BCUT2D eigenvalue weighted by Crippen LogP contribution is 2.15. The molecule has 5 heteroatoms. The number of benzene rings is 2. The van der Waals surface area contributed by atoms with E-state index in [0.717, 1.165) is 26.2 Å². The molecule has 0 aliphatic carbocycles. The van der Waals surface area contributed by atoms with Crippen molar-refractivity contribution < 1.29 is 4.79 Å². The van der Waals surface area contributed by atoms with Crippen molar-refractivity contribution in [1.29, 1.82) is 0 Å². The van der Waals surface area contributed by atoms with Gasteiger partial charge in [-0.2, -0.15) is 0 Å². The second-order valence-corrected chi connectivity index (χ2v) is 6.05. The van der Waals surface area contributed by atoms with Gasteiger partial charge in [0.25, 0.3) is 5.91 Å². The largest absolute Gasteiger partial charge is 0.369 e. The zero-order valence-electron chi connectivity index (χ0n) is 12.9. The molecule has 0 bridgehead atoms. The second-order valence-electron chi connectivity index (χ2n) is 5.61. The van der Waals surface area contributed by atoms with Crippen LogP contribution in [-0.4, -0.2) is 43.7 Å². The third-order valence-corrected chi connectivity index (χ3v) is 4.32. The number of anilines is 1. The Balaban J connectivity index is 1.46. The monoisotopic (exact) mass is 329 g/mol. The summed E-state index contributed by atoms with van der Waals surface area (Å²) >= 11 is 5.83. The van der Waals surface area contributed by atoms with Crippen molar-refractivity contribution in [3.63, 3.8) is 0 Å². The van der Waals surface area contributed by atoms with Crippen LogP contribution in [0.5, 0.6) is 0 Å². The first-order valence-corrected chi connectivity index (χ1v) is 8.16. The van der Waals surface area contributed by atoms with Crippen LogP contribution in [0.3, 0.4) is 0 Å². The summed E-state index contributed by atoms with van der Waals surface area (Å²) in [6.45, 7) is 4.40. The number of halogens is 1. The van der Waals surface area contributed by atoms with Crippen LogP contribution >= 0.6 is 11.6 Å². The van der Waals surface area contributed by atoms with Crippen molar-refractivity contribution >= 4 is 23.2 Å². The molecule has 0 spiro atoms. The molecule has 2 aromatic carbocycles. The SMILES string of the molecule is O=C(NCN1CCN(c2ccccc2)CC1)c1ccc(Cl)cc1. The summed E-state index contributed by atoms with van der Waals surface area (Å²) in [5.41, 5.74) is 1.90. The molecule has 0 saturated carbocycles. The van der Waals surface area contributed by atoms with Gasteiger partial charge in [-0.1, -0.05) is 29.8 Å². The third-order valence-electron chi connectivity index (χ3n) is 4.06. The molecular formula is C18H20ClN3O. The van der Waals surface area contributed by atoms with Crippen LogP contribution < -0.4 is 10.2 Å². The summed E-state index contributed by atoms with van der Waals surface area (Å²) in [7, 11) is 0. The van der Waals surface area contributed by atoms with E-state index in [9.17, 15) is 4.79 Å². The van der Waals surface area contributed by atoms with Crippen LogP contribution in [0.2, 0.25) is 5.02 Å². The Morgan fingerprint density at radius 1 is 0.957 bits per heavy atom. The Kier molecular flexibility index (Phi) is 5.16. The van der Waals surface area contributed by atoms with Crippen LogP contribution in [-0.2, 0) is 0 Å². The minimum Gasteiger partial charge on any atom is -0.369 e. The van der Waals surface area contributed by atoms with Crippen molar-refractivity contribution in [2.24, 2.45) is 0 Å². The molecule has 23 heavy (non-hydrogen) atoms. The Bertz CT molecular complexity index is 637. The lowest BCUT2D eigenvalue weighted by atomic mass is 10.2. The lowest BCUT2D eigenvalue weighted by Gasteiger charge is -2.36. The molecule has 3 rings (SSSR count). The number of rotatable bonds is 4. The van der Waals surface area contributed by atoms with Gasteiger partial charge in [-0.25, -0.2) is 0 Å². The van der Waals surface area contributed by atoms with Gasteiger partial charge in [0, 0.05) is 42.5 Å². The van der Waals surface area contributed by atoms with E-state index < -0.39 is 0 Å². The van der Waals surface area contributed by atoms with Crippen LogP contribution in [0, 0.1) is 0 Å². The molecule has 2 aromatic rings. The highest BCUT2D eigenvalue weighted by molar-refractivity contribution is 6.30. The molecule has 1 amide bonds. The molecular weight excluding hydrogens is 310 g/mol. The summed E-state index contributed by atoms with van der Waals surface area (Å²) < 4.78 is 0. The van der Waals surface area contributed by atoms with Gasteiger partial charge in [-0.05, 0) is 36.4 Å². The maximum atomic E-state index is 12.1. The number of carbonyl (C=O) groups excluding carboxylic acids is 1. The fraction of sp³-hybridized carbons (Fsp3) is 0.278. The Morgan fingerprint density at radius 3 is 2.26 bits per heavy atom. The number of carbonyl (C=O) groups is 1. The van der Waals surface area contributed by atoms with Gasteiger partial charge >= 0.3 is 0 Å². The number of para-hydroxylation sites is 1. The van der Waals surface area contributed by atoms with Crippen molar-refractivity contribution in [2.75, 3.05) is 37.7 Å². The zero-order valence-corrected chi connectivity index (χ0v) is 13.7. The minimum atomic E-state index is -0.0628. The van der Waals surface area contributed by atoms with Crippen molar-refractivity contribution in [3.05, 3.63) is 65.2 Å². The third kappa shape index (κ3) is 4.24. The number of hydrogen-bond donors (Lipinski definition) is 1. The average Bonchev–Trinajstić information content (AvgIpc) is 2.61. The van der Waals surface area contributed by atoms with Crippen LogP contribution in [0.1, 0.15) is 10.4 Å². The first-order chi connectivity index (χ1) is 11.2. The molecule has 4 nitrogen and oxygen atoms in total. The number of nitrogens with zero attached hydrogens (tertiary/aromatic N) is 2. The van der Waals surface area contributed by atoms with E-state index in [1.807, 2.05) is 6.07 Å². The number of nitrogens with one attached hydrogen (secondary N) is 1. The number of hydrogen-bond acceptors (Lipinski definition) is 3. The fourth-order valence-electron chi connectivity index (χ4n) is 2.69. The Morgan fingerprint density at radius 2 is 1.61 bits per heavy atom. The van der Waals surface area contributed by atoms with E-state index in [2.05, 4.69) is 39.4 Å². The smallest absolute Gasteiger partial charge is 0.252 e. The second kappa shape index (κ2) is 7.49. The topological polar surface area (TPSA) is 35.6 Å². The quantitative estimate of drug-likeness (QED) is 0.937. The van der Waals surface area contributed by atoms with Gasteiger partial charge in [0.2, 0.25) is 0 Å². The normalized spacial score (nSPS) is 15.4. The molecule has 1 heterocycles. The summed E-state index contributed by atoms with van der Waals surface area (Å²) in [4.78, 5) is 16.7. The van der Waals surface area contributed by atoms with E-state index in [-0.39, 0.29) is 5.91 Å². The molecule has 1 N–H and O–H groups in total. The van der Waals surface area contributed by atoms with Crippen LogP contribution in [0.15, 0.2) is 54.6 Å². The molecule has 0 atom stereocenters. The lowest BCUT2D eigenvalue weighted by Crippen LogP contribution is -2.50. The Hall–Kier alpha value is -2.04. The fourth-order valence-corrected chi connectivity index (χ4v) is 2.82. The summed E-state index contributed by atoms with van der Waals surface area (Å²) in [6, 6.07) is 17.4. The van der Waals surface area contributed by atoms with Gasteiger partial charge in [-0.3, -0.25) is 9.69 Å². The summed E-state index contributed by atoms with van der Waals surface area (Å²) in [5.74, 6) is -0.0628. The average molecular weight is 330 g/mol. The number of piperazine rings is 1.